The predicted molar refractivity (Wildman–Crippen MR) is 60.9 cm³/mol. The lowest BCUT2D eigenvalue weighted by Crippen LogP contribution is -2.39. The Morgan fingerprint density at radius 3 is 3.18 bits per heavy atom. The number of nitrogens with two attached hydrogens (primary N) is 1. The van der Waals surface area contributed by atoms with Gasteiger partial charge in [0, 0.05) is 25.2 Å². The Bertz CT molecular complexity index is 478. The zero-order valence-electron chi connectivity index (χ0n) is 9.49. The molecule has 3 rings (SSSR count). The molecule has 0 aliphatic carbocycles. The number of nitrogens with zero attached hydrogens (tertiary/aromatic N) is 4. The van der Waals surface area contributed by atoms with Crippen LogP contribution in [0.5, 0.6) is 0 Å². The van der Waals surface area contributed by atoms with Crippen molar-refractivity contribution in [1.82, 2.24) is 19.7 Å². The van der Waals surface area contributed by atoms with Crippen LogP contribution in [0.25, 0.3) is 0 Å². The van der Waals surface area contributed by atoms with Gasteiger partial charge in [0.2, 0.25) is 0 Å². The van der Waals surface area contributed by atoms with Gasteiger partial charge in [-0.25, -0.2) is 0 Å². The van der Waals surface area contributed by atoms with Crippen molar-refractivity contribution in [2.75, 3.05) is 13.1 Å². The second kappa shape index (κ2) is 4.31. The number of hydrogen-bond acceptors (Lipinski definition) is 5. The summed E-state index contributed by atoms with van der Waals surface area (Å²) in [5.74, 6) is 0.998. The van der Waals surface area contributed by atoms with Gasteiger partial charge in [0.05, 0.1) is 25.1 Å². The molecule has 6 heteroatoms. The maximum Gasteiger partial charge on any atom is 0.147 e. The van der Waals surface area contributed by atoms with E-state index in [2.05, 4.69) is 19.7 Å². The van der Waals surface area contributed by atoms with Crippen molar-refractivity contribution in [1.29, 1.82) is 0 Å². The van der Waals surface area contributed by atoms with Crippen molar-refractivity contribution in [3.8, 4) is 0 Å². The van der Waals surface area contributed by atoms with Gasteiger partial charge in [-0.2, -0.15) is 0 Å². The molecule has 90 valence electrons. The SMILES string of the molecule is NCC(c1ccoc1)N1CCn2cnnc2C1. The van der Waals surface area contributed by atoms with Crippen molar-refractivity contribution in [3.63, 3.8) is 0 Å². The third kappa shape index (κ3) is 1.85. The predicted octanol–water partition coefficient (Wildman–Crippen LogP) is 0.387. The number of hydrogen-bond donors (Lipinski definition) is 1. The summed E-state index contributed by atoms with van der Waals surface area (Å²) in [6.45, 7) is 3.23. The number of fused-ring (bicyclic) bond motifs is 1. The zero-order chi connectivity index (χ0) is 11.7. The van der Waals surface area contributed by atoms with Gasteiger partial charge in [-0.05, 0) is 6.07 Å². The molecule has 0 saturated heterocycles. The van der Waals surface area contributed by atoms with Crippen molar-refractivity contribution < 1.29 is 4.42 Å². The van der Waals surface area contributed by atoms with Gasteiger partial charge in [-0.15, -0.1) is 10.2 Å². The van der Waals surface area contributed by atoms with E-state index in [0.29, 0.717) is 6.54 Å². The molecule has 0 saturated carbocycles. The highest BCUT2D eigenvalue weighted by Crippen LogP contribution is 2.23. The minimum atomic E-state index is 0.194. The van der Waals surface area contributed by atoms with Gasteiger partial charge in [-0.3, -0.25) is 4.90 Å². The fourth-order valence-electron chi connectivity index (χ4n) is 2.31. The number of rotatable bonds is 3. The Balaban J connectivity index is 1.81. The Morgan fingerprint density at radius 2 is 2.41 bits per heavy atom. The van der Waals surface area contributed by atoms with E-state index in [1.165, 1.54) is 0 Å². The molecule has 2 aromatic rings. The second-order valence-electron chi connectivity index (χ2n) is 4.22. The molecule has 0 spiro atoms. The standard InChI is InChI=1S/C11H15N5O/c12-5-10(9-1-4-17-7-9)15-2-3-16-8-13-14-11(16)6-15/h1,4,7-8,10H,2-3,5-6,12H2. The molecule has 3 heterocycles. The van der Waals surface area contributed by atoms with Crippen LogP contribution < -0.4 is 5.73 Å². The third-order valence-electron chi connectivity index (χ3n) is 3.26. The summed E-state index contributed by atoms with van der Waals surface area (Å²) in [5, 5.41) is 8.03. The van der Waals surface area contributed by atoms with E-state index in [1.807, 2.05) is 6.07 Å². The molecule has 1 aliphatic heterocycles. The summed E-state index contributed by atoms with van der Waals surface area (Å²) in [6, 6.07) is 2.16. The summed E-state index contributed by atoms with van der Waals surface area (Å²) in [7, 11) is 0. The Hall–Kier alpha value is -1.66. The van der Waals surface area contributed by atoms with Gasteiger partial charge in [0.25, 0.3) is 0 Å². The van der Waals surface area contributed by atoms with Crippen LogP contribution >= 0.6 is 0 Å². The van der Waals surface area contributed by atoms with Crippen LogP contribution in [0, 0.1) is 0 Å². The van der Waals surface area contributed by atoms with E-state index in [1.54, 1.807) is 18.9 Å². The highest BCUT2D eigenvalue weighted by atomic mass is 16.3. The van der Waals surface area contributed by atoms with Gasteiger partial charge in [0.1, 0.15) is 12.2 Å². The first-order valence-electron chi connectivity index (χ1n) is 5.71. The monoisotopic (exact) mass is 233 g/mol. The minimum Gasteiger partial charge on any atom is -0.472 e. The Labute approximate surface area is 99.0 Å². The van der Waals surface area contributed by atoms with Crippen LogP contribution in [0.2, 0.25) is 0 Å². The molecule has 17 heavy (non-hydrogen) atoms. The molecule has 2 aromatic heterocycles. The highest BCUT2D eigenvalue weighted by molar-refractivity contribution is 5.13. The number of aromatic nitrogens is 3. The Kier molecular flexibility index (Phi) is 2.66. The van der Waals surface area contributed by atoms with Crippen molar-refractivity contribution >= 4 is 0 Å². The highest BCUT2D eigenvalue weighted by Gasteiger charge is 2.25. The first-order valence-corrected chi connectivity index (χ1v) is 5.71. The van der Waals surface area contributed by atoms with Crippen LogP contribution in [-0.4, -0.2) is 32.8 Å². The topological polar surface area (TPSA) is 73.1 Å². The van der Waals surface area contributed by atoms with Gasteiger partial charge in [0.15, 0.2) is 0 Å². The molecule has 1 atom stereocenters. The summed E-state index contributed by atoms with van der Waals surface area (Å²) in [4.78, 5) is 2.31. The summed E-state index contributed by atoms with van der Waals surface area (Å²) in [6.07, 6.45) is 5.23. The third-order valence-corrected chi connectivity index (χ3v) is 3.26. The van der Waals surface area contributed by atoms with E-state index >= 15 is 0 Å². The molecule has 1 unspecified atom stereocenters. The lowest BCUT2D eigenvalue weighted by Gasteiger charge is -2.33. The van der Waals surface area contributed by atoms with Crippen LogP contribution in [0.1, 0.15) is 17.4 Å². The fourth-order valence-corrected chi connectivity index (χ4v) is 2.31. The van der Waals surface area contributed by atoms with Crippen LogP contribution in [0.4, 0.5) is 0 Å². The van der Waals surface area contributed by atoms with Crippen LogP contribution in [0.15, 0.2) is 29.3 Å². The van der Waals surface area contributed by atoms with E-state index < -0.39 is 0 Å². The molecule has 0 radical (unpaired) electrons. The van der Waals surface area contributed by atoms with Crippen molar-refractivity contribution in [2.24, 2.45) is 5.73 Å². The molecular formula is C11H15N5O. The lowest BCUT2D eigenvalue weighted by molar-refractivity contribution is 0.156. The fraction of sp³-hybridized carbons (Fsp3) is 0.455. The first-order chi connectivity index (χ1) is 8.38. The largest absolute Gasteiger partial charge is 0.472 e. The quantitative estimate of drug-likeness (QED) is 0.830. The molecule has 0 bridgehead atoms. The minimum absolute atomic E-state index is 0.194. The van der Waals surface area contributed by atoms with E-state index in [0.717, 1.165) is 31.0 Å². The van der Waals surface area contributed by atoms with E-state index in [9.17, 15) is 0 Å². The lowest BCUT2D eigenvalue weighted by atomic mass is 10.1. The van der Waals surface area contributed by atoms with Crippen molar-refractivity contribution in [2.45, 2.75) is 19.1 Å². The first kappa shape index (κ1) is 10.5. The summed E-state index contributed by atoms with van der Waals surface area (Å²) in [5.41, 5.74) is 6.99. The maximum atomic E-state index is 5.86. The molecule has 0 aromatic carbocycles. The normalized spacial score (nSPS) is 17.9. The summed E-state index contributed by atoms with van der Waals surface area (Å²) < 4.78 is 7.21. The van der Waals surface area contributed by atoms with E-state index in [-0.39, 0.29) is 6.04 Å². The van der Waals surface area contributed by atoms with Crippen LogP contribution in [-0.2, 0) is 13.1 Å². The molecule has 1 aliphatic rings. The molecule has 2 N–H and O–H groups in total. The zero-order valence-corrected chi connectivity index (χ0v) is 9.49. The van der Waals surface area contributed by atoms with E-state index in [4.69, 9.17) is 10.2 Å². The van der Waals surface area contributed by atoms with Gasteiger partial charge < -0.3 is 14.7 Å². The molecular weight excluding hydrogens is 218 g/mol. The second-order valence-corrected chi connectivity index (χ2v) is 4.22. The van der Waals surface area contributed by atoms with Crippen molar-refractivity contribution in [3.05, 3.63) is 36.3 Å². The molecule has 0 fully saturated rings. The molecule has 0 amide bonds. The van der Waals surface area contributed by atoms with Gasteiger partial charge in [-0.1, -0.05) is 0 Å². The average molecular weight is 233 g/mol. The van der Waals surface area contributed by atoms with Gasteiger partial charge >= 0.3 is 0 Å². The Morgan fingerprint density at radius 1 is 1.47 bits per heavy atom. The van der Waals surface area contributed by atoms with Crippen LogP contribution in [0.3, 0.4) is 0 Å². The maximum absolute atomic E-state index is 5.86. The molecule has 6 nitrogen and oxygen atoms in total. The average Bonchev–Trinajstić information content (AvgIpc) is 2.99. The summed E-state index contributed by atoms with van der Waals surface area (Å²) >= 11 is 0. The number of furan rings is 1. The smallest absolute Gasteiger partial charge is 0.147 e.